The maximum Gasteiger partial charge on any atom is 0.0809 e. The van der Waals surface area contributed by atoms with Gasteiger partial charge in [0.1, 0.15) is 0 Å². The largest absolute Gasteiger partial charge is 0.320 e. The zero-order chi connectivity index (χ0) is 12.5. The molecule has 0 spiro atoms. The molecule has 90 valence electrons. The maximum absolute atomic E-state index is 6.34. The van der Waals surface area contributed by atoms with E-state index in [9.17, 15) is 0 Å². The summed E-state index contributed by atoms with van der Waals surface area (Å²) in [6, 6.07) is 12.3. The summed E-state index contributed by atoms with van der Waals surface area (Å²) < 4.78 is 1.19. The van der Waals surface area contributed by atoms with E-state index in [2.05, 4.69) is 35.5 Å². The van der Waals surface area contributed by atoms with Crippen molar-refractivity contribution in [3.63, 3.8) is 0 Å². The Hall–Kier alpha value is -1.71. The molecule has 3 heteroatoms. The second-order valence-electron chi connectivity index (χ2n) is 4.41. The first-order valence-corrected chi connectivity index (χ1v) is 6.78. The zero-order valence-corrected chi connectivity index (χ0v) is 10.9. The number of nitrogens with two attached hydrogens (primary N) is 1. The van der Waals surface area contributed by atoms with Gasteiger partial charge in [-0.1, -0.05) is 24.3 Å². The number of benzene rings is 1. The lowest BCUT2D eigenvalue weighted by Gasteiger charge is -2.14. The van der Waals surface area contributed by atoms with Gasteiger partial charge in [0.15, 0.2) is 0 Å². The molecule has 2 N–H and O–H groups in total. The molecule has 3 aromatic rings. The van der Waals surface area contributed by atoms with E-state index in [4.69, 9.17) is 5.73 Å². The van der Waals surface area contributed by atoms with Crippen molar-refractivity contribution < 1.29 is 0 Å². The van der Waals surface area contributed by atoms with Crippen molar-refractivity contribution in [2.75, 3.05) is 0 Å². The molecule has 1 aromatic carbocycles. The topological polar surface area (TPSA) is 38.9 Å². The Balaban J connectivity index is 2.06. The average molecular weight is 254 g/mol. The number of pyridine rings is 1. The van der Waals surface area contributed by atoms with E-state index in [-0.39, 0.29) is 6.04 Å². The molecule has 1 unspecified atom stereocenters. The smallest absolute Gasteiger partial charge is 0.0809 e. The van der Waals surface area contributed by atoms with Crippen LogP contribution >= 0.6 is 11.3 Å². The first-order chi connectivity index (χ1) is 8.75. The summed E-state index contributed by atoms with van der Waals surface area (Å²) in [6.07, 6.45) is 1.88. The molecule has 0 aliphatic carbocycles. The van der Waals surface area contributed by atoms with Gasteiger partial charge in [-0.2, -0.15) is 0 Å². The van der Waals surface area contributed by atoms with Crippen molar-refractivity contribution in [3.8, 4) is 0 Å². The fraction of sp³-hybridized carbons (Fsp3) is 0.133. The highest BCUT2D eigenvalue weighted by Crippen LogP contribution is 2.26. The number of aryl methyl sites for hydroxylation is 1. The van der Waals surface area contributed by atoms with Gasteiger partial charge >= 0.3 is 0 Å². The number of nitrogens with zero attached hydrogens (tertiary/aromatic N) is 1. The van der Waals surface area contributed by atoms with Gasteiger partial charge in [-0.3, -0.25) is 4.98 Å². The Bertz CT molecular complexity index is 688. The van der Waals surface area contributed by atoms with E-state index in [0.717, 1.165) is 16.6 Å². The summed E-state index contributed by atoms with van der Waals surface area (Å²) >= 11 is 1.70. The highest BCUT2D eigenvalue weighted by molar-refractivity contribution is 7.17. The van der Waals surface area contributed by atoms with Crippen LogP contribution in [0.3, 0.4) is 0 Å². The summed E-state index contributed by atoms with van der Waals surface area (Å²) in [6.45, 7) is 2.09. The Morgan fingerprint density at radius 1 is 1.22 bits per heavy atom. The normalized spacial score (nSPS) is 12.8. The summed E-state index contributed by atoms with van der Waals surface area (Å²) in [5, 5.41) is 2.06. The predicted molar refractivity (Wildman–Crippen MR) is 76.8 cm³/mol. The molecule has 3 rings (SSSR count). The van der Waals surface area contributed by atoms with Crippen LogP contribution in [0.25, 0.3) is 10.2 Å². The number of thiophene rings is 1. The van der Waals surface area contributed by atoms with Gasteiger partial charge in [0, 0.05) is 6.20 Å². The quantitative estimate of drug-likeness (QED) is 0.758. The summed E-state index contributed by atoms with van der Waals surface area (Å²) in [4.78, 5) is 4.45. The van der Waals surface area contributed by atoms with Crippen molar-refractivity contribution in [3.05, 3.63) is 64.7 Å². The maximum atomic E-state index is 6.34. The Kier molecular flexibility index (Phi) is 2.86. The Morgan fingerprint density at radius 3 is 2.89 bits per heavy atom. The van der Waals surface area contributed by atoms with E-state index < -0.39 is 0 Å². The molecule has 0 radical (unpaired) electrons. The standard InChI is InChI=1S/C15H14N2S/c1-10-4-2-3-5-12(10)15(16)11-8-14-13(17-9-11)6-7-18-14/h2-9,15H,16H2,1H3. The van der Waals surface area contributed by atoms with Crippen LogP contribution in [0.5, 0.6) is 0 Å². The molecular weight excluding hydrogens is 240 g/mol. The molecule has 0 saturated heterocycles. The van der Waals surface area contributed by atoms with Gasteiger partial charge in [0.05, 0.1) is 16.3 Å². The highest BCUT2D eigenvalue weighted by atomic mass is 32.1. The van der Waals surface area contributed by atoms with Gasteiger partial charge in [-0.15, -0.1) is 11.3 Å². The van der Waals surface area contributed by atoms with Gasteiger partial charge in [0.2, 0.25) is 0 Å². The lowest BCUT2D eigenvalue weighted by atomic mass is 9.97. The Labute approximate surface area is 110 Å². The number of fused-ring (bicyclic) bond motifs is 1. The van der Waals surface area contributed by atoms with E-state index in [1.54, 1.807) is 11.3 Å². The molecule has 2 aromatic heterocycles. The van der Waals surface area contributed by atoms with Gasteiger partial charge < -0.3 is 5.73 Å². The molecule has 0 aliphatic heterocycles. The molecule has 18 heavy (non-hydrogen) atoms. The molecule has 2 nitrogen and oxygen atoms in total. The lowest BCUT2D eigenvalue weighted by Crippen LogP contribution is -2.13. The lowest BCUT2D eigenvalue weighted by molar-refractivity contribution is 0.858. The van der Waals surface area contributed by atoms with Crippen molar-refractivity contribution in [1.29, 1.82) is 0 Å². The average Bonchev–Trinajstić information content (AvgIpc) is 2.85. The Morgan fingerprint density at radius 2 is 2.06 bits per heavy atom. The van der Waals surface area contributed by atoms with Crippen molar-refractivity contribution >= 4 is 21.6 Å². The van der Waals surface area contributed by atoms with Crippen LogP contribution in [0.4, 0.5) is 0 Å². The number of rotatable bonds is 2. The van der Waals surface area contributed by atoms with Crippen molar-refractivity contribution in [2.24, 2.45) is 5.73 Å². The third-order valence-electron chi connectivity index (χ3n) is 3.21. The number of aromatic nitrogens is 1. The van der Waals surface area contributed by atoms with Crippen LogP contribution < -0.4 is 5.73 Å². The summed E-state index contributed by atoms with van der Waals surface area (Å²) in [5.41, 5.74) is 10.8. The molecule has 1 atom stereocenters. The molecule has 0 bridgehead atoms. The second-order valence-corrected chi connectivity index (χ2v) is 5.35. The van der Waals surface area contributed by atoms with Crippen LogP contribution in [0.2, 0.25) is 0 Å². The van der Waals surface area contributed by atoms with E-state index in [1.807, 2.05) is 24.4 Å². The minimum absolute atomic E-state index is 0.106. The molecule has 0 amide bonds. The van der Waals surface area contributed by atoms with Crippen LogP contribution in [0, 0.1) is 6.92 Å². The SMILES string of the molecule is Cc1ccccc1C(N)c1cnc2ccsc2c1. The summed E-state index contributed by atoms with van der Waals surface area (Å²) in [7, 11) is 0. The summed E-state index contributed by atoms with van der Waals surface area (Å²) in [5.74, 6) is 0. The van der Waals surface area contributed by atoms with E-state index >= 15 is 0 Å². The molecule has 2 heterocycles. The zero-order valence-electron chi connectivity index (χ0n) is 10.1. The number of hydrogen-bond donors (Lipinski definition) is 1. The highest BCUT2D eigenvalue weighted by Gasteiger charge is 2.12. The van der Waals surface area contributed by atoms with Crippen LogP contribution in [-0.4, -0.2) is 4.98 Å². The van der Waals surface area contributed by atoms with E-state index in [1.165, 1.54) is 10.3 Å². The van der Waals surface area contributed by atoms with Gasteiger partial charge in [-0.05, 0) is 41.1 Å². The van der Waals surface area contributed by atoms with E-state index in [0.29, 0.717) is 0 Å². The third kappa shape index (κ3) is 1.92. The monoisotopic (exact) mass is 254 g/mol. The molecule has 0 aliphatic rings. The fourth-order valence-electron chi connectivity index (χ4n) is 2.15. The van der Waals surface area contributed by atoms with Gasteiger partial charge in [0.25, 0.3) is 0 Å². The van der Waals surface area contributed by atoms with Gasteiger partial charge in [-0.25, -0.2) is 0 Å². The number of hydrogen-bond acceptors (Lipinski definition) is 3. The third-order valence-corrected chi connectivity index (χ3v) is 4.06. The minimum Gasteiger partial charge on any atom is -0.320 e. The second kappa shape index (κ2) is 4.52. The minimum atomic E-state index is -0.106. The fourth-order valence-corrected chi connectivity index (χ4v) is 2.94. The molecular formula is C15H14N2S. The van der Waals surface area contributed by atoms with Crippen LogP contribution in [0.15, 0.2) is 48.0 Å². The van der Waals surface area contributed by atoms with Crippen molar-refractivity contribution in [1.82, 2.24) is 4.98 Å². The molecule has 0 fully saturated rings. The predicted octanol–water partition coefficient (Wildman–Crippen LogP) is 3.65. The van der Waals surface area contributed by atoms with Crippen LogP contribution in [0.1, 0.15) is 22.7 Å². The molecule has 0 saturated carbocycles. The van der Waals surface area contributed by atoms with Crippen molar-refractivity contribution in [2.45, 2.75) is 13.0 Å². The first kappa shape index (κ1) is 11.4. The van der Waals surface area contributed by atoms with Crippen LogP contribution in [-0.2, 0) is 0 Å². The first-order valence-electron chi connectivity index (χ1n) is 5.90.